The van der Waals surface area contributed by atoms with Crippen LogP contribution in [0.3, 0.4) is 0 Å². The summed E-state index contributed by atoms with van der Waals surface area (Å²) in [6, 6.07) is 17.2. The lowest BCUT2D eigenvalue weighted by molar-refractivity contribution is 0.00376. The Kier molecular flexibility index (Phi) is 9.28. The van der Waals surface area contributed by atoms with Crippen LogP contribution in [0, 0.1) is 11.6 Å². The van der Waals surface area contributed by atoms with E-state index in [2.05, 4.69) is 10.2 Å². The molecule has 200 valence electrons. The molecule has 2 amide bonds. The summed E-state index contributed by atoms with van der Waals surface area (Å²) >= 11 is 6.04. The Balaban J connectivity index is 1.38. The molecule has 0 radical (unpaired) electrons. The molecule has 10 heteroatoms. The van der Waals surface area contributed by atoms with Gasteiger partial charge in [0.15, 0.2) is 0 Å². The molecule has 1 heterocycles. The van der Waals surface area contributed by atoms with Gasteiger partial charge in [-0.05, 0) is 42.0 Å². The maximum absolute atomic E-state index is 14.2. The van der Waals surface area contributed by atoms with Crippen molar-refractivity contribution in [1.82, 2.24) is 9.80 Å². The first-order chi connectivity index (χ1) is 18.4. The first kappa shape index (κ1) is 27.5. The molecule has 1 aliphatic heterocycles. The lowest BCUT2D eigenvalue weighted by Gasteiger charge is -2.36. The van der Waals surface area contributed by atoms with Gasteiger partial charge in [0.25, 0.3) is 0 Å². The van der Waals surface area contributed by atoms with E-state index < -0.39 is 23.7 Å². The zero-order valence-corrected chi connectivity index (χ0v) is 21.6. The number of hydrogen-bond acceptors (Lipinski definition) is 5. The number of benzene rings is 3. The van der Waals surface area contributed by atoms with Gasteiger partial charge >= 0.3 is 12.0 Å². The van der Waals surface area contributed by atoms with Crippen LogP contribution < -0.4 is 5.32 Å². The number of nitrogens with one attached hydrogen (secondary N) is 1. The number of carbonyl (C=O) groups is 2. The number of urea groups is 1. The zero-order chi connectivity index (χ0) is 27.1. The minimum absolute atomic E-state index is 0.125. The highest BCUT2D eigenvalue weighted by molar-refractivity contribution is 6.30. The number of piperazine rings is 1. The van der Waals surface area contributed by atoms with E-state index in [1.807, 2.05) is 12.1 Å². The molecule has 7 nitrogen and oxygen atoms in total. The van der Waals surface area contributed by atoms with Gasteiger partial charge in [0, 0.05) is 43.3 Å². The normalized spacial score (nSPS) is 14.7. The maximum atomic E-state index is 14.2. The van der Waals surface area contributed by atoms with E-state index in [9.17, 15) is 18.4 Å². The van der Waals surface area contributed by atoms with Crippen molar-refractivity contribution in [3.05, 3.63) is 100 Å². The number of ether oxygens (including phenoxy) is 2. The highest BCUT2D eigenvalue weighted by atomic mass is 35.5. The quantitative estimate of drug-likeness (QED) is 0.379. The summed E-state index contributed by atoms with van der Waals surface area (Å²) in [6.07, 6.45) is -0.474. The number of halogens is 3. The molecule has 0 bridgehead atoms. The van der Waals surface area contributed by atoms with E-state index in [4.69, 9.17) is 21.1 Å². The van der Waals surface area contributed by atoms with Crippen LogP contribution in [-0.4, -0.2) is 61.6 Å². The standard InChI is InChI=1S/C28H28ClF2N3O4/c1-37-27(35)21-5-2-3-8-25(21)32-28(36)34-15-13-33(14-16-34)17-26(19-9-11-20(29)12-10-19)38-18-22-23(30)6-4-7-24(22)31/h2-12,26H,13-18H2,1H3,(H,32,36)/t26-/m0/s1. The molecule has 1 saturated heterocycles. The molecule has 38 heavy (non-hydrogen) atoms. The second kappa shape index (κ2) is 12.8. The van der Waals surface area contributed by atoms with E-state index in [-0.39, 0.29) is 23.8 Å². The van der Waals surface area contributed by atoms with E-state index >= 15 is 0 Å². The van der Waals surface area contributed by atoms with Crippen LogP contribution in [-0.2, 0) is 16.1 Å². The summed E-state index contributed by atoms with van der Waals surface area (Å²) in [4.78, 5) is 28.7. The molecule has 1 fully saturated rings. The van der Waals surface area contributed by atoms with Crippen LogP contribution in [0.5, 0.6) is 0 Å². The van der Waals surface area contributed by atoms with E-state index in [1.165, 1.54) is 25.3 Å². The molecule has 0 saturated carbocycles. The fraction of sp³-hybridized carbons (Fsp3) is 0.286. The van der Waals surface area contributed by atoms with Crippen LogP contribution in [0.15, 0.2) is 66.7 Å². The maximum Gasteiger partial charge on any atom is 0.339 e. The summed E-state index contributed by atoms with van der Waals surface area (Å²) in [7, 11) is 1.29. The lowest BCUT2D eigenvalue weighted by atomic mass is 10.1. The van der Waals surface area contributed by atoms with Gasteiger partial charge in [-0.1, -0.05) is 41.9 Å². The van der Waals surface area contributed by atoms with Crippen LogP contribution in [0.25, 0.3) is 0 Å². The van der Waals surface area contributed by atoms with Crippen molar-refractivity contribution in [2.24, 2.45) is 0 Å². The molecule has 0 aromatic heterocycles. The number of esters is 1. The average molecular weight is 544 g/mol. The number of methoxy groups -OCH3 is 1. The fourth-order valence-electron chi connectivity index (χ4n) is 4.23. The molecule has 0 aliphatic carbocycles. The van der Waals surface area contributed by atoms with Gasteiger partial charge in [-0.3, -0.25) is 4.90 Å². The molecule has 4 rings (SSSR count). The number of amides is 2. The summed E-state index contributed by atoms with van der Waals surface area (Å²) < 4.78 is 39.1. The smallest absolute Gasteiger partial charge is 0.339 e. The van der Waals surface area contributed by atoms with Crippen LogP contribution in [0.1, 0.15) is 27.6 Å². The number of carbonyl (C=O) groups excluding carboxylic acids is 2. The summed E-state index contributed by atoms with van der Waals surface area (Å²) in [5.74, 6) is -1.85. The number of anilines is 1. The van der Waals surface area contributed by atoms with Crippen molar-refractivity contribution in [2.45, 2.75) is 12.7 Å². The minimum Gasteiger partial charge on any atom is -0.465 e. The Bertz CT molecular complexity index is 1250. The van der Waals surface area contributed by atoms with Crippen molar-refractivity contribution in [2.75, 3.05) is 45.2 Å². The first-order valence-electron chi connectivity index (χ1n) is 12.1. The minimum atomic E-state index is -0.659. The SMILES string of the molecule is COC(=O)c1ccccc1NC(=O)N1CCN(C[C@H](OCc2c(F)cccc2F)c2ccc(Cl)cc2)CC1. The predicted octanol–water partition coefficient (Wildman–Crippen LogP) is 5.51. The number of rotatable bonds is 8. The molecule has 3 aromatic carbocycles. The monoisotopic (exact) mass is 543 g/mol. The van der Waals surface area contributed by atoms with Gasteiger partial charge in [-0.25, -0.2) is 18.4 Å². The second-order valence-electron chi connectivity index (χ2n) is 8.81. The largest absolute Gasteiger partial charge is 0.465 e. The topological polar surface area (TPSA) is 71.1 Å². The van der Waals surface area contributed by atoms with Gasteiger partial charge in [-0.15, -0.1) is 0 Å². The molecule has 0 unspecified atom stereocenters. The zero-order valence-electron chi connectivity index (χ0n) is 20.8. The third-order valence-corrected chi connectivity index (χ3v) is 6.64. The predicted molar refractivity (Wildman–Crippen MR) is 140 cm³/mol. The van der Waals surface area contributed by atoms with E-state index in [1.54, 1.807) is 41.3 Å². The highest BCUT2D eigenvalue weighted by Crippen LogP contribution is 2.25. The van der Waals surface area contributed by atoms with E-state index in [0.717, 1.165) is 5.56 Å². The fourth-order valence-corrected chi connectivity index (χ4v) is 4.35. The Morgan fingerprint density at radius 3 is 2.26 bits per heavy atom. The van der Waals surface area contributed by atoms with Crippen molar-refractivity contribution in [3.8, 4) is 0 Å². The van der Waals surface area contributed by atoms with Crippen molar-refractivity contribution in [3.63, 3.8) is 0 Å². The van der Waals surface area contributed by atoms with Crippen molar-refractivity contribution < 1.29 is 27.8 Å². The Morgan fingerprint density at radius 2 is 1.61 bits per heavy atom. The third kappa shape index (κ3) is 6.86. The van der Waals surface area contributed by atoms with Crippen LogP contribution in [0.2, 0.25) is 5.02 Å². The average Bonchev–Trinajstić information content (AvgIpc) is 2.93. The Labute approximate surface area is 224 Å². The van der Waals surface area contributed by atoms with Crippen LogP contribution in [0.4, 0.5) is 19.3 Å². The van der Waals surface area contributed by atoms with Gasteiger partial charge in [0.2, 0.25) is 0 Å². The van der Waals surface area contributed by atoms with Gasteiger partial charge in [0.05, 0.1) is 31.1 Å². The molecule has 1 atom stereocenters. The summed E-state index contributed by atoms with van der Waals surface area (Å²) in [6.45, 7) is 2.25. The molecule has 3 aromatic rings. The van der Waals surface area contributed by atoms with E-state index in [0.29, 0.717) is 43.4 Å². The van der Waals surface area contributed by atoms with Crippen molar-refractivity contribution >= 4 is 29.3 Å². The summed E-state index contributed by atoms with van der Waals surface area (Å²) in [5, 5.41) is 3.36. The molecular weight excluding hydrogens is 516 g/mol. The molecule has 1 aliphatic rings. The molecular formula is C28H28ClF2N3O4. The molecule has 1 N–H and O–H groups in total. The van der Waals surface area contributed by atoms with Gasteiger partial charge in [0.1, 0.15) is 11.6 Å². The third-order valence-electron chi connectivity index (χ3n) is 6.39. The van der Waals surface area contributed by atoms with Crippen LogP contribution >= 0.6 is 11.6 Å². The van der Waals surface area contributed by atoms with Gasteiger partial charge in [-0.2, -0.15) is 0 Å². The Hall–Kier alpha value is -3.53. The number of hydrogen-bond donors (Lipinski definition) is 1. The first-order valence-corrected chi connectivity index (χ1v) is 12.5. The summed E-state index contributed by atoms with van der Waals surface area (Å²) in [5.41, 5.74) is 1.35. The van der Waals surface area contributed by atoms with Crippen molar-refractivity contribution in [1.29, 1.82) is 0 Å². The number of para-hydroxylation sites is 1. The highest BCUT2D eigenvalue weighted by Gasteiger charge is 2.26. The molecule has 0 spiro atoms. The Morgan fingerprint density at radius 1 is 0.947 bits per heavy atom. The lowest BCUT2D eigenvalue weighted by Crippen LogP contribution is -2.51. The second-order valence-corrected chi connectivity index (χ2v) is 9.24. The van der Waals surface area contributed by atoms with Gasteiger partial charge < -0.3 is 19.7 Å². The number of nitrogens with zero attached hydrogens (tertiary/aromatic N) is 2.